The Hall–Kier alpha value is -1.91. The lowest BCUT2D eigenvalue weighted by atomic mass is 10.1. The molecule has 5 nitrogen and oxygen atoms in total. The van der Waals surface area contributed by atoms with Gasteiger partial charge < -0.3 is 5.32 Å². The van der Waals surface area contributed by atoms with E-state index >= 15 is 0 Å². The third-order valence-corrected chi connectivity index (χ3v) is 3.67. The first-order chi connectivity index (χ1) is 9.51. The van der Waals surface area contributed by atoms with Gasteiger partial charge in [-0.3, -0.25) is 10.1 Å². The van der Waals surface area contributed by atoms with Crippen LogP contribution < -0.4 is 5.32 Å². The molecule has 0 spiro atoms. The number of nitro groups is 1. The molecule has 0 atom stereocenters. The molecule has 0 saturated carbocycles. The zero-order chi connectivity index (χ0) is 14.7. The van der Waals surface area contributed by atoms with Crippen molar-refractivity contribution < 1.29 is 4.92 Å². The summed E-state index contributed by atoms with van der Waals surface area (Å²) in [7, 11) is 0. The Balaban J connectivity index is 2.37. The van der Waals surface area contributed by atoms with Gasteiger partial charge >= 0.3 is 0 Å². The van der Waals surface area contributed by atoms with Gasteiger partial charge in [0.25, 0.3) is 5.69 Å². The second-order valence-corrected chi connectivity index (χ2v) is 5.62. The van der Waals surface area contributed by atoms with E-state index in [2.05, 4.69) is 37.2 Å². The van der Waals surface area contributed by atoms with Gasteiger partial charge in [-0.15, -0.1) is 0 Å². The molecule has 0 aliphatic carbocycles. The normalized spacial score (nSPS) is 9.85. The number of benzene rings is 2. The third kappa shape index (κ3) is 3.15. The molecule has 0 aliphatic rings. The summed E-state index contributed by atoms with van der Waals surface area (Å²) in [5.41, 5.74) is 1.13. The van der Waals surface area contributed by atoms with E-state index in [9.17, 15) is 10.1 Å². The number of hydrogen-bond acceptors (Lipinski definition) is 4. The van der Waals surface area contributed by atoms with Crippen LogP contribution in [0.5, 0.6) is 0 Å². The highest BCUT2D eigenvalue weighted by atomic mass is 79.9. The van der Waals surface area contributed by atoms with Gasteiger partial charge in [0.05, 0.1) is 10.6 Å². The van der Waals surface area contributed by atoms with Crippen molar-refractivity contribution in [3.05, 3.63) is 61.0 Å². The minimum Gasteiger partial charge on any atom is -0.354 e. The Kier molecular flexibility index (Phi) is 4.37. The predicted octanol–water partition coefficient (Wildman–Crippen LogP) is 4.74. The summed E-state index contributed by atoms with van der Waals surface area (Å²) in [6.07, 6.45) is 0. The summed E-state index contributed by atoms with van der Waals surface area (Å²) in [5, 5.41) is 22.8. The molecule has 0 aromatic heterocycles. The number of hydrogen-bond donors (Lipinski definition) is 1. The highest BCUT2D eigenvalue weighted by Gasteiger charge is 2.14. The lowest BCUT2D eigenvalue weighted by Gasteiger charge is -2.09. The van der Waals surface area contributed by atoms with E-state index < -0.39 is 4.92 Å². The first-order valence-electron chi connectivity index (χ1n) is 5.42. The zero-order valence-electron chi connectivity index (χ0n) is 9.93. The highest BCUT2D eigenvalue weighted by molar-refractivity contribution is 9.11. The molecule has 0 heterocycles. The van der Waals surface area contributed by atoms with Crippen molar-refractivity contribution in [3.63, 3.8) is 0 Å². The third-order valence-electron chi connectivity index (χ3n) is 2.53. The van der Waals surface area contributed by atoms with Crippen LogP contribution in [0.1, 0.15) is 5.56 Å². The summed E-state index contributed by atoms with van der Waals surface area (Å²) >= 11 is 6.75. The van der Waals surface area contributed by atoms with Crippen molar-refractivity contribution in [3.8, 4) is 6.07 Å². The molecule has 0 bridgehead atoms. The Morgan fingerprint density at radius 1 is 1.20 bits per heavy atom. The number of nitro benzene ring substituents is 1. The van der Waals surface area contributed by atoms with E-state index in [-0.39, 0.29) is 11.3 Å². The maximum atomic E-state index is 10.9. The van der Waals surface area contributed by atoms with Crippen molar-refractivity contribution >= 4 is 48.9 Å². The second-order valence-electron chi connectivity index (χ2n) is 3.85. The monoisotopic (exact) mass is 395 g/mol. The topological polar surface area (TPSA) is 79.0 Å². The quantitative estimate of drug-likeness (QED) is 0.600. The standard InChI is InChI=1S/C13H7Br2N3O2/c14-9-2-4-12(11(15)5-9)17-10-3-1-8(7-16)13(6-10)18(19)20/h1-6,17H. The van der Waals surface area contributed by atoms with Crippen molar-refractivity contribution in [1.29, 1.82) is 5.26 Å². The summed E-state index contributed by atoms with van der Waals surface area (Å²) in [5.74, 6) is 0. The van der Waals surface area contributed by atoms with Crippen molar-refractivity contribution in [2.24, 2.45) is 0 Å². The minimum atomic E-state index is -0.569. The summed E-state index contributed by atoms with van der Waals surface area (Å²) in [6.45, 7) is 0. The molecule has 0 saturated heterocycles. The lowest BCUT2D eigenvalue weighted by molar-refractivity contribution is -0.385. The van der Waals surface area contributed by atoms with Gasteiger partial charge in [0, 0.05) is 20.7 Å². The highest BCUT2D eigenvalue weighted by Crippen LogP contribution is 2.30. The van der Waals surface area contributed by atoms with Crippen LogP contribution in [0.25, 0.3) is 0 Å². The molecular weight excluding hydrogens is 390 g/mol. The molecule has 2 aromatic carbocycles. The van der Waals surface area contributed by atoms with E-state index in [0.717, 1.165) is 14.6 Å². The van der Waals surface area contributed by atoms with E-state index in [1.165, 1.54) is 12.1 Å². The molecule has 2 rings (SSSR count). The molecule has 0 radical (unpaired) electrons. The van der Waals surface area contributed by atoms with Gasteiger partial charge in [0.2, 0.25) is 0 Å². The van der Waals surface area contributed by atoms with E-state index in [4.69, 9.17) is 5.26 Å². The molecular formula is C13H7Br2N3O2. The fourth-order valence-electron chi connectivity index (χ4n) is 1.60. The fraction of sp³-hybridized carbons (Fsp3) is 0. The van der Waals surface area contributed by atoms with Crippen LogP contribution in [0.4, 0.5) is 17.1 Å². The number of nitrogens with one attached hydrogen (secondary N) is 1. The number of rotatable bonds is 3. The van der Waals surface area contributed by atoms with Crippen LogP contribution in [0.3, 0.4) is 0 Å². The largest absolute Gasteiger partial charge is 0.354 e. The smallest absolute Gasteiger partial charge is 0.289 e. The first kappa shape index (κ1) is 14.5. The van der Waals surface area contributed by atoms with Crippen LogP contribution in [0.2, 0.25) is 0 Å². The maximum Gasteiger partial charge on any atom is 0.289 e. The van der Waals surface area contributed by atoms with Gasteiger partial charge in [-0.2, -0.15) is 5.26 Å². The maximum absolute atomic E-state index is 10.9. The van der Waals surface area contributed by atoms with Crippen LogP contribution in [-0.4, -0.2) is 4.92 Å². The Bertz CT molecular complexity index is 726. The summed E-state index contributed by atoms with van der Waals surface area (Å²) < 4.78 is 1.74. The van der Waals surface area contributed by atoms with E-state index in [1.54, 1.807) is 12.1 Å². The minimum absolute atomic E-state index is 0.0374. The van der Waals surface area contributed by atoms with Gasteiger partial charge in [-0.25, -0.2) is 0 Å². The van der Waals surface area contributed by atoms with Gasteiger partial charge in [0.15, 0.2) is 0 Å². The Morgan fingerprint density at radius 2 is 1.95 bits per heavy atom. The summed E-state index contributed by atoms with van der Waals surface area (Å²) in [4.78, 5) is 10.3. The molecule has 7 heteroatoms. The number of anilines is 2. The van der Waals surface area contributed by atoms with E-state index in [0.29, 0.717) is 5.69 Å². The van der Waals surface area contributed by atoms with Crippen LogP contribution in [0.15, 0.2) is 45.3 Å². The summed E-state index contributed by atoms with van der Waals surface area (Å²) in [6, 6.07) is 11.7. The molecule has 0 unspecified atom stereocenters. The number of nitrogens with zero attached hydrogens (tertiary/aromatic N) is 2. The molecule has 0 fully saturated rings. The number of nitriles is 1. The van der Waals surface area contributed by atoms with Crippen molar-refractivity contribution in [2.45, 2.75) is 0 Å². The van der Waals surface area contributed by atoms with Crippen LogP contribution >= 0.6 is 31.9 Å². The molecule has 0 amide bonds. The fourth-order valence-corrected chi connectivity index (χ4v) is 2.75. The first-order valence-corrected chi connectivity index (χ1v) is 7.00. The Morgan fingerprint density at radius 3 is 2.55 bits per heavy atom. The molecule has 2 aromatic rings. The van der Waals surface area contributed by atoms with Gasteiger partial charge in [-0.1, -0.05) is 15.9 Å². The lowest BCUT2D eigenvalue weighted by Crippen LogP contribution is -1.96. The predicted molar refractivity (Wildman–Crippen MR) is 82.9 cm³/mol. The zero-order valence-corrected chi connectivity index (χ0v) is 13.1. The molecule has 0 aliphatic heterocycles. The van der Waals surface area contributed by atoms with Crippen LogP contribution in [0, 0.1) is 21.4 Å². The second kappa shape index (κ2) is 6.03. The SMILES string of the molecule is N#Cc1ccc(Nc2ccc(Br)cc2Br)cc1[N+](=O)[O-]. The molecule has 100 valence electrons. The van der Waals surface area contributed by atoms with Gasteiger partial charge in [0.1, 0.15) is 11.6 Å². The molecule has 20 heavy (non-hydrogen) atoms. The van der Waals surface area contributed by atoms with Crippen LogP contribution in [-0.2, 0) is 0 Å². The van der Waals surface area contributed by atoms with Crippen molar-refractivity contribution in [2.75, 3.05) is 5.32 Å². The Labute approximate surface area is 131 Å². The van der Waals surface area contributed by atoms with Crippen molar-refractivity contribution in [1.82, 2.24) is 0 Å². The van der Waals surface area contributed by atoms with E-state index in [1.807, 2.05) is 18.2 Å². The number of halogens is 2. The average Bonchev–Trinajstić information content (AvgIpc) is 2.41. The average molecular weight is 397 g/mol. The van der Waals surface area contributed by atoms with Gasteiger partial charge in [-0.05, 0) is 46.3 Å². The molecule has 1 N–H and O–H groups in total.